The molecule has 0 aromatic heterocycles. The van der Waals surface area contributed by atoms with Crippen molar-refractivity contribution in [3.63, 3.8) is 0 Å². The van der Waals surface area contributed by atoms with Gasteiger partial charge in [0.15, 0.2) is 0 Å². The highest BCUT2D eigenvalue weighted by Gasteiger charge is 2.22. The Morgan fingerprint density at radius 2 is 1.88 bits per heavy atom. The van der Waals surface area contributed by atoms with Crippen LogP contribution >= 0.6 is 15.9 Å². The second-order valence-electron chi connectivity index (χ2n) is 3.78. The fourth-order valence-electron chi connectivity index (χ4n) is 1.48. The fraction of sp³-hybridized carbons (Fsp3) is 0.500. The molecule has 2 rings (SSSR count). The third-order valence-corrected chi connectivity index (χ3v) is 3.26. The zero-order valence-corrected chi connectivity index (χ0v) is 11.5. The second kappa shape index (κ2) is 5.71. The molecular weight excluding hydrogens is 288 g/mol. The lowest BCUT2D eigenvalue weighted by Gasteiger charge is -2.11. The van der Waals surface area contributed by atoms with Crippen LogP contribution in [0.3, 0.4) is 0 Å². The SMILES string of the molecule is COc1cc(COCC2CO2)cc(OC)c1Br. The summed E-state index contributed by atoms with van der Waals surface area (Å²) in [7, 11) is 3.25. The van der Waals surface area contributed by atoms with Crippen LogP contribution in [0, 0.1) is 0 Å². The van der Waals surface area contributed by atoms with Crippen LogP contribution in [0.25, 0.3) is 0 Å². The maximum Gasteiger partial charge on any atom is 0.137 e. The van der Waals surface area contributed by atoms with E-state index in [1.54, 1.807) is 14.2 Å². The highest BCUT2D eigenvalue weighted by molar-refractivity contribution is 9.10. The molecule has 94 valence electrons. The van der Waals surface area contributed by atoms with Gasteiger partial charge in [-0.15, -0.1) is 0 Å². The molecule has 17 heavy (non-hydrogen) atoms. The molecule has 1 aliphatic heterocycles. The molecule has 1 heterocycles. The topological polar surface area (TPSA) is 40.2 Å². The largest absolute Gasteiger partial charge is 0.495 e. The quantitative estimate of drug-likeness (QED) is 0.757. The highest BCUT2D eigenvalue weighted by Crippen LogP contribution is 2.35. The summed E-state index contributed by atoms with van der Waals surface area (Å²) < 4.78 is 21.9. The van der Waals surface area contributed by atoms with Crippen molar-refractivity contribution in [3.8, 4) is 11.5 Å². The number of ether oxygens (including phenoxy) is 4. The van der Waals surface area contributed by atoms with E-state index in [0.29, 0.717) is 13.2 Å². The van der Waals surface area contributed by atoms with Crippen LogP contribution in [0.4, 0.5) is 0 Å². The monoisotopic (exact) mass is 302 g/mol. The lowest BCUT2D eigenvalue weighted by molar-refractivity contribution is 0.104. The molecule has 4 nitrogen and oxygen atoms in total. The van der Waals surface area contributed by atoms with Crippen LogP contribution in [0.15, 0.2) is 16.6 Å². The number of hydrogen-bond donors (Lipinski definition) is 0. The van der Waals surface area contributed by atoms with E-state index < -0.39 is 0 Å². The lowest BCUT2D eigenvalue weighted by Crippen LogP contribution is -2.02. The summed E-state index contributed by atoms with van der Waals surface area (Å²) in [5, 5.41) is 0. The molecule has 1 aliphatic rings. The molecule has 0 radical (unpaired) electrons. The number of methoxy groups -OCH3 is 2. The van der Waals surface area contributed by atoms with Crippen molar-refractivity contribution < 1.29 is 18.9 Å². The second-order valence-corrected chi connectivity index (χ2v) is 4.58. The van der Waals surface area contributed by atoms with Crippen molar-refractivity contribution in [2.24, 2.45) is 0 Å². The molecule has 1 unspecified atom stereocenters. The average molecular weight is 303 g/mol. The van der Waals surface area contributed by atoms with Crippen LogP contribution in [0.2, 0.25) is 0 Å². The summed E-state index contributed by atoms with van der Waals surface area (Å²) in [6.07, 6.45) is 0.286. The Balaban J connectivity index is 2.03. The number of rotatable bonds is 6. The van der Waals surface area contributed by atoms with Gasteiger partial charge in [0.05, 0.1) is 34.0 Å². The van der Waals surface area contributed by atoms with Crippen molar-refractivity contribution in [2.75, 3.05) is 27.4 Å². The van der Waals surface area contributed by atoms with Crippen molar-refractivity contribution >= 4 is 15.9 Å². The number of halogens is 1. The molecule has 1 aromatic carbocycles. The van der Waals surface area contributed by atoms with Crippen LogP contribution in [0.5, 0.6) is 11.5 Å². The van der Waals surface area contributed by atoms with Crippen LogP contribution in [-0.2, 0) is 16.1 Å². The van der Waals surface area contributed by atoms with Gasteiger partial charge < -0.3 is 18.9 Å². The van der Waals surface area contributed by atoms with E-state index in [2.05, 4.69) is 15.9 Å². The van der Waals surface area contributed by atoms with E-state index in [9.17, 15) is 0 Å². The Labute approximate surface area is 109 Å². The Morgan fingerprint density at radius 3 is 2.35 bits per heavy atom. The molecule has 1 saturated heterocycles. The zero-order chi connectivity index (χ0) is 12.3. The van der Waals surface area contributed by atoms with Crippen molar-refractivity contribution in [3.05, 3.63) is 22.2 Å². The standard InChI is InChI=1S/C12H15BrO4/c1-14-10-3-8(4-11(15-2)12(10)13)5-16-6-9-7-17-9/h3-4,9H,5-7H2,1-2H3. The van der Waals surface area contributed by atoms with Crippen LogP contribution in [0.1, 0.15) is 5.56 Å². The Hall–Kier alpha value is -0.780. The Kier molecular flexibility index (Phi) is 4.25. The zero-order valence-electron chi connectivity index (χ0n) is 9.86. The Bertz CT molecular complexity index is 365. The van der Waals surface area contributed by atoms with Gasteiger partial charge in [0.25, 0.3) is 0 Å². The highest BCUT2D eigenvalue weighted by atomic mass is 79.9. The smallest absolute Gasteiger partial charge is 0.137 e. The molecule has 1 aromatic rings. The predicted molar refractivity (Wildman–Crippen MR) is 66.6 cm³/mol. The molecule has 5 heteroatoms. The summed E-state index contributed by atoms with van der Waals surface area (Å²) in [5.41, 5.74) is 1.02. The first kappa shape index (κ1) is 12.7. The van der Waals surface area contributed by atoms with Crippen molar-refractivity contribution in [1.29, 1.82) is 0 Å². The minimum Gasteiger partial charge on any atom is -0.495 e. The summed E-state index contributed by atoms with van der Waals surface area (Å²) in [5.74, 6) is 1.48. The van der Waals surface area contributed by atoms with Gasteiger partial charge in [-0.3, -0.25) is 0 Å². The van der Waals surface area contributed by atoms with Gasteiger partial charge in [0.2, 0.25) is 0 Å². The third-order valence-electron chi connectivity index (χ3n) is 2.48. The molecule has 1 atom stereocenters. The first-order valence-electron chi connectivity index (χ1n) is 5.34. The predicted octanol–water partition coefficient (Wildman–Crippen LogP) is 2.38. The van der Waals surface area contributed by atoms with Gasteiger partial charge in [-0.2, -0.15) is 0 Å². The maximum atomic E-state index is 5.53. The van der Waals surface area contributed by atoms with Gasteiger partial charge in [0, 0.05) is 0 Å². The first-order chi connectivity index (χ1) is 8.24. The summed E-state index contributed by atoms with van der Waals surface area (Å²) >= 11 is 3.43. The van der Waals surface area contributed by atoms with Crippen molar-refractivity contribution in [2.45, 2.75) is 12.7 Å². The van der Waals surface area contributed by atoms with E-state index in [-0.39, 0.29) is 6.10 Å². The number of hydrogen-bond acceptors (Lipinski definition) is 4. The van der Waals surface area contributed by atoms with Gasteiger partial charge in [-0.05, 0) is 33.6 Å². The van der Waals surface area contributed by atoms with Crippen LogP contribution < -0.4 is 9.47 Å². The average Bonchev–Trinajstić information content (AvgIpc) is 3.15. The van der Waals surface area contributed by atoms with E-state index in [1.807, 2.05) is 12.1 Å². The van der Waals surface area contributed by atoms with Gasteiger partial charge in [0.1, 0.15) is 22.1 Å². The van der Waals surface area contributed by atoms with E-state index in [0.717, 1.165) is 28.1 Å². The number of benzene rings is 1. The fourth-order valence-corrected chi connectivity index (χ4v) is 2.03. The lowest BCUT2D eigenvalue weighted by atomic mass is 10.2. The third kappa shape index (κ3) is 3.34. The number of epoxide rings is 1. The normalized spacial score (nSPS) is 17.9. The van der Waals surface area contributed by atoms with Gasteiger partial charge in [-0.1, -0.05) is 0 Å². The molecule has 1 fully saturated rings. The van der Waals surface area contributed by atoms with E-state index in [4.69, 9.17) is 18.9 Å². The summed E-state index contributed by atoms with van der Waals surface area (Å²) in [4.78, 5) is 0. The first-order valence-corrected chi connectivity index (χ1v) is 6.13. The van der Waals surface area contributed by atoms with Crippen molar-refractivity contribution in [1.82, 2.24) is 0 Å². The maximum absolute atomic E-state index is 5.53. The molecule has 0 spiro atoms. The molecule has 0 aliphatic carbocycles. The molecule has 0 N–H and O–H groups in total. The summed E-state index contributed by atoms with van der Waals surface area (Å²) in [6.45, 7) is 1.98. The van der Waals surface area contributed by atoms with Crippen LogP contribution in [-0.4, -0.2) is 33.5 Å². The van der Waals surface area contributed by atoms with Gasteiger partial charge in [-0.25, -0.2) is 0 Å². The minimum absolute atomic E-state index is 0.286. The molecule has 0 saturated carbocycles. The van der Waals surface area contributed by atoms with E-state index >= 15 is 0 Å². The molecule has 0 amide bonds. The molecular formula is C12H15BrO4. The summed E-state index contributed by atoms with van der Waals surface area (Å²) in [6, 6.07) is 3.86. The Morgan fingerprint density at radius 1 is 1.29 bits per heavy atom. The van der Waals surface area contributed by atoms with E-state index in [1.165, 1.54) is 0 Å². The minimum atomic E-state index is 0.286. The molecule has 0 bridgehead atoms. The van der Waals surface area contributed by atoms with Gasteiger partial charge >= 0.3 is 0 Å².